The molecule has 12 nitrogen and oxygen atoms in total. The molecule has 2 aromatic heterocycles. The zero-order chi connectivity index (χ0) is 36.9. The van der Waals surface area contributed by atoms with E-state index in [0.29, 0.717) is 68.0 Å². The summed E-state index contributed by atoms with van der Waals surface area (Å²) in [5.41, 5.74) is 5.12. The first kappa shape index (κ1) is 36.6. The van der Waals surface area contributed by atoms with Crippen molar-refractivity contribution in [3.63, 3.8) is 0 Å². The molecular weight excluding hydrogens is 713 g/mol. The summed E-state index contributed by atoms with van der Waals surface area (Å²) in [5.74, 6) is -0.969. The number of nitrogens with zero attached hydrogens (tertiary/aromatic N) is 7. The van der Waals surface area contributed by atoms with Gasteiger partial charge in [-0.05, 0) is 51.4 Å². The number of fused-ring (bicyclic) bond motifs is 3. The molecule has 0 saturated carbocycles. The lowest BCUT2D eigenvalue weighted by atomic mass is 9.94. The molecule has 0 bridgehead atoms. The number of amides is 1. The highest BCUT2D eigenvalue weighted by atomic mass is 35.5. The van der Waals surface area contributed by atoms with Crippen LogP contribution in [0.15, 0.2) is 12.1 Å². The molecule has 3 saturated heterocycles. The number of nitrogens with two attached hydrogens (primary N) is 1. The van der Waals surface area contributed by atoms with Crippen LogP contribution in [0, 0.1) is 5.82 Å². The molecule has 5 aliphatic rings. The van der Waals surface area contributed by atoms with E-state index in [2.05, 4.69) is 25.3 Å². The van der Waals surface area contributed by atoms with Crippen LogP contribution in [0.3, 0.4) is 0 Å². The summed E-state index contributed by atoms with van der Waals surface area (Å²) in [5, 5.41) is 7.91. The number of alkyl halides is 4. The summed E-state index contributed by atoms with van der Waals surface area (Å²) in [6, 6.07) is 2.48. The highest BCUT2D eigenvalue weighted by Gasteiger charge is 2.41. The Balaban J connectivity index is 0.000000404. The van der Waals surface area contributed by atoms with Crippen molar-refractivity contribution < 1.29 is 36.2 Å². The molecule has 18 heteroatoms. The highest BCUT2D eigenvalue weighted by molar-refractivity contribution is 6.34. The van der Waals surface area contributed by atoms with Crippen molar-refractivity contribution in [2.45, 2.75) is 82.3 Å². The van der Waals surface area contributed by atoms with E-state index in [0.717, 1.165) is 25.1 Å². The maximum absolute atomic E-state index is 15.0. The summed E-state index contributed by atoms with van der Waals surface area (Å²) in [6.45, 7) is 4.09. The SMILES string of the molecule is CNC1CN(C(=O)c2nn3c(c2Cl)CN(c2nc(OC)nc4c2COC(c2c(C(F)(F)F)ccc(N)c2F)C4)CCC3)C1.FC1CC2CCCN2C1. The average molecular weight is 754 g/mol. The van der Waals surface area contributed by atoms with Gasteiger partial charge in [-0.2, -0.15) is 28.2 Å². The molecule has 282 valence electrons. The smallest absolute Gasteiger partial charge is 0.416 e. The minimum absolute atomic E-state index is 0.00455. The third-order valence-corrected chi connectivity index (χ3v) is 10.9. The molecular formula is C34H41ClF5N9O3. The predicted octanol–water partition coefficient (Wildman–Crippen LogP) is 4.54. The van der Waals surface area contributed by atoms with Gasteiger partial charge in [0.2, 0.25) is 0 Å². The second kappa shape index (κ2) is 14.6. The average Bonchev–Trinajstić information content (AvgIpc) is 3.71. The number of anilines is 2. The number of carbonyl (C=O) groups is 1. The van der Waals surface area contributed by atoms with Gasteiger partial charge in [-0.1, -0.05) is 11.6 Å². The fourth-order valence-corrected chi connectivity index (χ4v) is 8.02. The van der Waals surface area contributed by atoms with Gasteiger partial charge in [0, 0.05) is 62.4 Å². The third-order valence-electron chi connectivity index (χ3n) is 10.5. The topological polar surface area (TPSA) is 127 Å². The van der Waals surface area contributed by atoms with Crippen molar-refractivity contribution in [1.29, 1.82) is 0 Å². The van der Waals surface area contributed by atoms with Gasteiger partial charge in [-0.15, -0.1) is 0 Å². The van der Waals surface area contributed by atoms with E-state index in [1.807, 2.05) is 11.9 Å². The number of likely N-dealkylation sites (N-methyl/N-ethyl adjacent to an activating group) is 1. The van der Waals surface area contributed by atoms with E-state index in [4.69, 9.17) is 26.8 Å². The van der Waals surface area contributed by atoms with Gasteiger partial charge in [0.1, 0.15) is 12.0 Å². The minimum atomic E-state index is -4.82. The molecule has 3 atom stereocenters. The lowest BCUT2D eigenvalue weighted by Crippen LogP contribution is -2.59. The number of nitrogen functional groups attached to an aromatic ring is 1. The Morgan fingerprint density at radius 1 is 1.13 bits per heavy atom. The lowest BCUT2D eigenvalue weighted by molar-refractivity contribution is -0.140. The number of aryl methyl sites for hydroxylation is 1. The van der Waals surface area contributed by atoms with Crippen LogP contribution in [0.5, 0.6) is 6.01 Å². The summed E-state index contributed by atoms with van der Waals surface area (Å²) in [4.78, 5) is 27.9. The normalized spacial score (nSPS) is 23.3. The van der Waals surface area contributed by atoms with Crippen molar-refractivity contribution in [3.8, 4) is 6.01 Å². The first-order chi connectivity index (χ1) is 24.9. The van der Waals surface area contributed by atoms with Crippen molar-refractivity contribution in [3.05, 3.63) is 56.7 Å². The molecule has 1 amide bonds. The van der Waals surface area contributed by atoms with Gasteiger partial charge in [0.15, 0.2) is 11.5 Å². The Kier molecular flexibility index (Phi) is 10.2. The molecule has 3 unspecified atom stereocenters. The van der Waals surface area contributed by atoms with Gasteiger partial charge < -0.3 is 30.3 Å². The second-order valence-corrected chi connectivity index (χ2v) is 14.2. The number of methoxy groups -OCH3 is 1. The molecule has 0 aliphatic carbocycles. The number of benzene rings is 1. The second-order valence-electron chi connectivity index (χ2n) is 13.8. The predicted molar refractivity (Wildman–Crippen MR) is 181 cm³/mol. The summed E-state index contributed by atoms with van der Waals surface area (Å²) < 4.78 is 82.0. The number of nitrogens with one attached hydrogen (secondary N) is 1. The number of hydrogen-bond acceptors (Lipinski definition) is 10. The van der Waals surface area contributed by atoms with E-state index < -0.39 is 41.1 Å². The molecule has 7 heterocycles. The van der Waals surface area contributed by atoms with Crippen LogP contribution in [0.1, 0.15) is 70.4 Å². The largest absolute Gasteiger partial charge is 0.467 e. The Morgan fingerprint density at radius 3 is 2.63 bits per heavy atom. The number of hydrogen-bond donors (Lipinski definition) is 2. The lowest BCUT2D eigenvalue weighted by Gasteiger charge is -2.38. The Hall–Kier alpha value is -3.80. The monoisotopic (exact) mass is 753 g/mol. The van der Waals surface area contributed by atoms with Crippen LogP contribution in [0.4, 0.5) is 33.5 Å². The quantitative estimate of drug-likeness (QED) is 0.284. The van der Waals surface area contributed by atoms with E-state index >= 15 is 4.39 Å². The van der Waals surface area contributed by atoms with Crippen LogP contribution in [-0.2, 0) is 37.0 Å². The maximum atomic E-state index is 15.0. The molecule has 8 rings (SSSR count). The summed E-state index contributed by atoms with van der Waals surface area (Å²) in [6.07, 6.45) is -2.83. The number of halogens is 6. The van der Waals surface area contributed by atoms with E-state index in [9.17, 15) is 22.4 Å². The maximum Gasteiger partial charge on any atom is 0.416 e. The van der Waals surface area contributed by atoms with Crippen LogP contribution in [-0.4, -0.2) is 101 Å². The zero-order valence-corrected chi connectivity index (χ0v) is 29.6. The number of likely N-dealkylation sites (tertiary alicyclic amines) is 1. The Bertz CT molecular complexity index is 1810. The van der Waals surface area contributed by atoms with Crippen LogP contribution in [0.2, 0.25) is 5.02 Å². The van der Waals surface area contributed by atoms with Crippen LogP contribution >= 0.6 is 11.6 Å². The zero-order valence-electron chi connectivity index (χ0n) is 28.9. The number of ether oxygens (including phenoxy) is 2. The Morgan fingerprint density at radius 2 is 1.92 bits per heavy atom. The molecule has 3 fully saturated rings. The van der Waals surface area contributed by atoms with Gasteiger partial charge in [0.25, 0.3) is 5.91 Å². The third kappa shape index (κ3) is 6.99. The first-order valence-corrected chi connectivity index (χ1v) is 17.8. The fraction of sp³-hybridized carbons (Fsp3) is 0.588. The first-order valence-electron chi connectivity index (χ1n) is 17.4. The summed E-state index contributed by atoms with van der Waals surface area (Å²) >= 11 is 6.73. The van der Waals surface area contributed by atoms with Gasteiger partial charge in [0.05, 0.1) is 54.0 Å². The molecule has 5 aliphatic heterocycles. The van der Waals surface area contributed by atoms with Crippen molar-refractivity contribution >= 4 is 29.0 Å². The number of carbonyl (C=O) groups excluding carboxylic acids is 1. The van der Waals surface area contributed by atoms with Gasteiger partial charge in [-0.3, -0.25) is 14.4 Å². The van der Waals surface area contributed by atoms with Crippen LogP contribution < -0.4 is 20.7 Å². The minimum Gasteiger partial charge on any atom is -0.467 e. The molecule has 0 radical (unpaired) electrons. The highest BCUT2D eigenvalue weighted by Crippen LogP contribution is 2.43. The molecule has 52 heavy (non-hydrogen) atoms. The van der Waals surface area contributed by atoms with E-state index in [-0.39, 0.29) is 48.2 Å². The molecule has 0 spiro atoms. The number of aromatic nitrogens is 4. The van der Waals surface area contributed by atoms with Crippen molar-refractivity contribution in [2.24, 2.45) is 0 Å². The van der Waals surface area contributed by atoms with E-state index in [1.54, 1.807) is 9.58 Å². The standard InChI is InChI=1S/C27H29ClF4N8O3.C7H12FN/c1-34-13-9-39(10-13)25(41)23-21(28)18-11-38(6-3-7-40(18)37-23)24-14-12-43-19(8-17(14)35-26(36-24)42-2)20-15(27(30,31)32)4-5-16(33)22(20)29;8-6-4-7-2-1-3-9(7)5-6/h4-5,13,19,34H,3,6-12,33H2,1-2H3;6-7H,1-5H2. The fourth-order valence-electron chi connectivity index (χ4n) is 7.74. The Labute approximate surface area is 302 Å². The van der Waals surface area contributed by atoms with Gasteiger partial charge in [-0.25, -0.2) is 8.78 Å². The summed E-state index contributed by atoms with van der Waals surface area (Å²) in [7, 11) is 3.22. The molecule has 3 N–H and O–H groups in total. The van der Waals surface area contributed by atoms with Crippen molar-refractivity contribution in [2.75, 3.05) is 57.5 Å². The molecule has 3 aromatic rings. The van der Waals surface area contributed by atoms with Gasteiger partial charge >= 0.3 is 12.2 Å². The van der Waals surface area contributed by atoms with Crippen LogP contribution in [0.25, 0.3) is 0 Å². The number of rotatable bonds is 5. The van der Waals surface area contributed by atoms with E-state index in [1.165, 1.54) is 20.0 Å². The molecule has 1 aromatic carbocycles. The van der Waals surface area contributed by atoms with Crippen molar-refractivity contribution in [1.82, 2.24) is 34.9 Å².